The van der Waals surface area contributed by atoms with Gasteiger partial charge in [0.1, 0.15) is 43.7 Å². The molecule has 0 saturated carbocycles. The van der Waals surface area contributed by atoms with Crippen LogP contribution in [0.3, 0.4) is 0 Å². The third kappa shape index (κ3) is 5.54. The lowest BCUT2D eigenvalue weighted by Crippen LogP contribution is -3.27. The van der Waals surface area contributed by atoms with Crippen molar-refractivity contribution < 1.29 is 19.6 Å². The van der Waals surface area contributed by atoms with Crippen LogP contribution in [0.2, 0.25) is 0 Å². The minimum Gasteiger partial charge on any atom is -0.507 e. The number of likely N-dealkylation sites (N-methyl/N-ethyl adjacent to an activating group) is 1. The van der Waals surface area contributed by atoms with Gasteiger partial charge in [-0.2, -0.15) is 0 Å². The molecule has 0 radical (unpaired) electrons. The predicted octanol–water partition coefficient (Wildman–Crippen LogP) is 0.816. The van der Waals surface area contributed by atoms with E-state index < -0.39 is 0 Å². The monoisotopic (exact) mass is 389 g/mol. The van der Waals surface area contributed by atoms with Gasteiger partial charge in [-0.15, -0.1) is 11.3 Å². The molecule has 0 aliphatic carbocycles. The van der Waals surface area contributed by atoms with Gasteiger partial charge in [-0.05, 0) is 30.0 Å². The SMILES string of the molecule is CCCOc1ccc(C=NC[C@H](c2cccs2)[NH+]2CC[NH+](C)CC2)c(O)c1. The molecule has 1 aliphatic heterocycles. The van der Waals surface area contributed by atoms with Crippen LogP contribution in [-0.2, 0) is 0 Å². The summed E-state index contributed by atoms with van der Waals surface area (Å²) in [7, 11) is 2.27. The molecular formula is C21H31N3O2S+2. The Labute approximate surface area is 165 Å². The first-order valence-corrected chi connectivity index (χ1v) is 10.7. The van der Waals surface area contributed by atoms with E-state index in [1.165, 1.54) is 31.1 Å². The molecule has 0 amide bonds. The number of piperazine rings is 1. The number of phenolic OH excluding ortho intramolecular Hbond substituents is 1. The van der Waals surface area contributed by atoms with Gasteiger partial charge in [0, 0.05) is 17.8 Å². The molecule has 2 heterocycles. The standard InChI is InChI=1S/C21H29N3O2S/c1-3-12-26-18-7-6-17(20(25)14-18)15-22-16-19(21-5-4-13-27-21)24-10-8-23(2)9-11-24/h4-7,13-15,19,25H,3,8-12,16H2,1-2H3/p+2/t19-/m1/s1. The highest BCUT2D eigenvalue weighted by molar-refractivity contribution is 7.10. The van der Waals surface area contributed by atoms with Gasteiger partial charge < -0.3 is 19.6 Å². The first-order valence-electron chi connectivity index (χ1n) is 9.82. The number of rotatable bonds is 8. The van der Waals surface area contributed by atoms with Crippen LogP contribution in [-0.4, -0.2) is 57.7 Å². The molecule has 1 fully saturated rings. The predicted molar refractivity (Wildman–Crippen MR) is 111 cm³/mol. The molecule has 27 heavy (non-hydrogen) atoms. The normalized spacial score (nSPS) is 21.4. The fourth-order valence-electron chi connectivity index (χ4n) is 3.45. The van der Waals surface area contributed by atoms with E-state index in [4.69, 9.17) is 9.73 Å². The van der Waals surface area contributed by atoms with E-state index in [1.54, 1.807) is 22.1 Å². The van der Waals surface area contributed by atoms with Crippen LogP contribution in [0.4, 0.5) is 0 Å². The number of aromatic hydroxyl groups is 1. The molecule has 6 heteroatoms. The molecule has 3 N–H and O–H groups in total. The number of nitrogens with one attached hydrogen (secondary N) is 2. The van der Waals surface area contributed by atoms with Crippen molar-refractivity contribution in [3.8, 4) is 11.5 Å². The maximum absolute atomic E-state index is 10.2. The molecule has 1 atom stereocenters. The second-order valence-electron chi connectivity index (χ2n) is 7.25. The Morgan fingerprint density at radius 3 is 2.74 bits per heavy atom. The smallest absolute Gasteiger partial charge is 0.142 e. The number of quaternary nitrogens is 2. The Morgan fingerprint density at radius 1 is 1.26 bits per heavy atom. The lowest BCUT2D eigenvalue weighted by Gasteiger charge is -2.32. The summed E-state index contributed by atoms with van der Waals surface area (Å²) < 4.78 is 5.56. The van der Waals surface area contributed by atoms with Crippen molar-refractivity contribution in [1.82, 2.24) is 0 Å². The number of ether oxygens (including phenoxy) is 1. The number of benzene rings is 1. The van der Waals surface area contributed by atoms with E-state index in [9.17, 15) is 5.11 Å². The van der Waals surface area contributed by atoms with Crippen molar-refractivity contribution >= 4 is 17.6 Å². The van der Waals surface area contributed by atoms with Crippen molar-refractivity contribution in [2.24, 2.45) is 4.99 Å². The molecule has 3 rings (SSSR count). The topological polar surface area (TPSA) is 50.7 Å². The van der Waals surface area contributed by atoms with Crippen LogP contribution >= 0.6 is 11.3 Å². The van der Waals surface area contributed by atoms with E-state index in [2.05, 4.69) is 31.5 Å². The highest BCUT2D eigenvalue weighted by Crippen LogP contribution is 2.23. The van der Waals surface area contributed by atoms with Gasteiger partial charge in [-0.3, -0.25) is 4.99 Å². The molecule has 0 bridgehead atoms. The molecule has 2 aromatic rings. The van der Waals surface area contributed by atoms with Crippen molar-refractivity contribution in [3.05, 3.63) is 46.2 Å². The molecule has 1 saturated heterocycles. The Kier molecular flexibility index (Phi) is 7.26. The van der Waals surface area contributed by atoms with Crippen molar-refractivity contribution in [2.75, 3.05) is 46.4 Å². The lowest BCUT2D eigenvalue weighted by molar-refractivity contribution is -1.02. The molecule has 1 aliphatic rings. The summed E-state index contributed by atoms with van der Waals surface area (Å²) in [4.78, 5) is 9.33. The minimum absolute atomic E-state index is 0.218. The zero-order valence-electron chi connectivity index (χ0n) is 16.3. The average molecular weight is 390 g/mol. The summed E-state index contributed by atoms with van der Waals surface area (Å²) in [5.74, 6) is 0.919. The summed E-state index contributed by atoms with van der Waals surface area (Å²) in [6.07, 6.45) is 2.74. The first kappa shape index (κ1) is 19.9. The van der Waals surface area contributed by atoms with Gasteiger partial charge >= 0.3 is 0 Å². The molecule has 0 spiro atoms. The number of aliphatic imine (C=N–C) groups is 1. The zero-order chi connectivity index (χ0) is 19.1. The summed E-state index contributed by atoms with van der Waals surface area (Å²) in [5.41, 5.74) is 0.738. The molecule has 1 aromatic carbocycles. The van der Waals surface area contributed by atoms with Gasteiger partial charge in [0.15, 0.2) is 0 Å². The van der Waals surface area contributed by atoms with Crippen LogP contribution in [0, 0.1) is 0 Å². The maximum atomic E-state index is 10.2. The van der Waals surface area contributed by atoms with Crippen molar-refractivity contribution in [1.29, 1.82) is 0 Å². The van der Waals surface area contributed by atoms with E-state index >= 15 is 0 Å². The van der Waals surface area contributed by atoms with E-state index in [0.717, 1.165) is 18.5 Å². The van der Waals surface area contributed by atoms with Gasteiger partial charge in [-0.25, -0.2) is 0 Å². The number of phenols is 1. The number of thiophene rings is 1. The van der Waals surface area contributed by atoms with Crippen LogP contribution in [0.1, 0.15) is 29.8 Å². The number of hydrogen-bond acceptors (Lipinski definition) is 4. The van der Waals surface area contributed by atoms with Crippen molar-refractivity contribution in [2.45, 2.75) is 19.4 Å². The third-order valence-electron chi connectivity index (χ3n) is 5.12. The molecule has 1 aromatic heterocycles. The molecular weight excluding hydrogens is 358 g/mol. The third-order valence-corrected chi connectivity index (χ3v) is 6.10. The Morgan fingerprint density at radius 2 is 2.07 bits per heavy atom. The zero-order valence-corrected chi connectivity index (χ0v) is 17.1. The second-order valence-corrected chi connectivity index (χ2v) is 8.23. The Bertz CT molecular complexity index is 725. The molecule has 0 unspecified atom stereocenters. The van der Waals surface area contributed by atoms with Gasteiger partial charge in [-0.1, -0.05) is 13.0 Å². The van der Waals surface area contributed by atoms with E-state index in [-0.39, 0.29) is 5.75 Å². The number of hydrogen-bond donors (Lipinski definition) is 3. The lowest BCUT2D eigenvalue weighted by atomic mass is 10.1. The molecule has 146 valence electrons. The quantitative estimate of drug-likeness (QED) is 0.586. The Balaban J connectivity index is 1.66. The highest BCUT2D eigenvalue weighted by atomic mass is 32.1. The minimum atomic E-state index is 0.218. The second kappa shape index (κ2) is 9.88. The largest absolute Gasteiger partial charge is 0.507 e. The summed E-state index contributed by atoms with van der Waals surface area (Å²) in [6.45, 7) is 8.24. The Hall–Kier alpha value is -1.89. The van der Waals surface area contributed by atoms with Gasteiger partial charge in [0.2, 0.25) is 0 Å². The van der Waals surface area contributed by atoms with Gasteiger partial charge in [0.25, 0.3) is 0 Å². The summed E-state index contributed by atoms with van der Waals surface area (Å²) >= 11 is 1.82. The highest BCUT2D eigenvalue weighted by Gasteiger charge is 2.29. The number of nitrogens with zero attached hydrogens (tertiary/aromatic N) is 1. The van der Waals surface area contributed by atoms with E-state index in [0.29, 0.717) is 18.4 Å². The van der Waals surface area contributed by atoms with Crippen LogP contribution in [0.25, 0.3) is 0 Å². The van der Waals surface area contributed by atoms with Crippen LogP contribution in [0.5, 0.6) is 11.5 Å². The van der Waals surface area contributed by atoms with Crippen LogP contribution in [0.15, 0.2) is 40.7 Å². The van der Waals surface area contributed by atoms with Gasteiger partial charge in [0.05, 0.1) is 25.1 Å². The average Bonchev–Trinajstić information content (AvgIpc) is 3.20. The van der Waals surface area contributed by atoms with Crippen molar-refractivity contribution in [3.63, 3.8) is 0 Å². The van der Waals surface area contributed by atoms with Crippen LogP contribution < -0.4 is 14.5 Å². The molecule has 5 nitrogen and oxygen atoms in total. The summed E-state index contributed by atoms with van der Waals surface area (Å²) in [6, 6.07) is 10.2. The summed E-state index contributed by atoms with van der Waals surface area (Å²) in [5, 5.41) is 12.4. The fourth-order valence-corrected chi connectivity index (χ4v) is 4.33. The first-order chi connectivity index (χ1) is 13.2. The fraction of sp³-hybridized carbons (Fsp3) is 0.476. The maximum Gasteiger partial charge on any atom is 0.142 e. The van der Waals surface area contributed by atoms with E-state index in [1.807, 2.05) is 23.5 Å².